The fourth-order valence-corrected chi connectivity index (χ4v) is 8.35. The maximum absolute atomic E-state index is 2.49. The second-order valence-electron chi connectivity index (χ2n) is 12.5. The fourth-order valence-electron chi connectivity index (χ4n) is 8.35. The number of hydrogen-bond donors (Lipinski definition) is 0. The normalized spacial score (nSPS) is 12.3. The van der Waals surface area contributed by atoms with E-state index in [2.05, 4.69) is 167 Å². The molecule has 0 saturated heterocycles. The lowest BCUT2D eigenvalue weighted by molar-refractivity contribution is 1.17. The van der Waals surface area contributed by atoms with Gasteiger partial charge in [0, 0.05) is 38.3 Å². The first-order valence-corrected chi connectivity index (χ1v) is 16.0. The summed E-state index contributed by atoms with van der Waals surface area (Å²) in [5.41, 5.74) is 7.28. The highest BCUT2D eigenvalue weighted by molar-refractivity contribution is 6.41. The summed E-state index contributed by atoms with van der Waals surface area (Å²) in [5.74, 6) is 0. The average molecular weight is 583 g/mol. The summed E-state index contributed by atoms with van der Waals surface area (Å²) in [6, 6.07) is 58.2. The van der Waals surface area contributed by atoms with Gasteiger partial charge in [-0.1, -0.05) is 115 Å². The Morgan fingerprint density at radius 2 is 0.826 bits per heavy atom. The number of fused-ring (bicyclic) bond motifs is 10. The zero-order valence-corrected chi connectivity index (χ0v) is 24.9. The first-order chi connectivity index (χ1) is 22.8. The van der Waals surface area contributed by atoms with Crippen LogP contribution in [0.2, 0.25) is 0 Å². The molecule has 0 bridgehead atoms. The predicted molar refractivity (Wildman–Crippen MR) is 196 cm³/mol. The van der Waals surface area contributed by atoms with Gasteiger partial charge in [0.25, 0.3) is 0 Å². The van der Waals surface area contributed by atoms with Gasteiger partial charge in [0.05, 0.1) is 22.1 Å². The molecule has 9 aromatic carbocycles. The third-order valence-corrected chi connectivity index (χ3v) is 10.2. The van der Waals surface area contributed by atoms with Gasteiger partial charge in [0.1, 0.15) is 0 Å². The van der Waals surface area contributed by atoms with Crippen LogP contribution >= 0.6 is 0 Å². The Kier molecular flexibility index (Phi) is 4.61. The van der Waals surface area contributed by atoms with E-state index in [-0.39, 0.29) is 0 Å². The zero-order chi connectivity index (χ0) is 29.9. The van der Waals surface area contributed by atoms with E-state index in [1.165, 1.54) is 98.1 Å². The van der Waals surface area contributed by atoms with Crippen LogP contribution in [0.4, 0.5) is 0 Å². The van der Waals surface area contributed by atoms with Crippen LogP contribution in [0, 0.1) is 0 Å². The van der Waals surface area contributed by atoms with Crippen molar-refractivity contribution in [3.8, 4) is 11.4 Å². The summed E-state index contributed by atoms with van der Waals surface area (Å²) in [7, 11) is 0. The van der Waals surface area contributed by atoms with Crippen molar-refractivity contribution in [2.45, 2.75) is 0 Å². The molecule has 11 rings (SSSR count). The van der Waals surface area contributed by atoms with Gasteiger partial charge < -0.3 is 9.13 Å². The van der Waals surface area contributed by atoms with Crippen molar-refractivity contribution in [3.05, 3.63) is 158 Å². The van der Waals surface area contributed by atoms with E-state index < -0.39 is 0 Å². The molecule has 0 amide bonds. The number of para-hydroxylation sites is 2. The number of aromatic nitrogens is 2. The van der Waals surface area contributed by atoms with Gasteiger partial charge in [0.15, 0.2) is 0 Å². The summed E-state index contributed by atoms with van der Waals surface area (Å²) in [4.78, 5) is 0. The van der Waals surface area contributed by atoms with Crippen molar-refractivity contribution >= 4 is 86.7 Å². The van der Waals surface area contributed by atoms with Crippen molar-refractivity contribution in [1.29, 1.82) is 0 Å². The molecule has 2 nitrogen and oxygen atoms in total. The Bertz CT molecular complexity index is 3010. The first-order valence-electron chi connectivity index (χ1n) is 16.0. The first kappa shape index (κ1) is 24.2. The highest BCUT2D eigenvalue weighted by Gasteiger charge is 2.25. The van der Waals surface area contributed by atoms with Gasteiger partial charge in [-0.05, 0) is 80.2 Å². The summed E-state index contributed by atoms with van der Waals surface area (Å²) in [6.45, 7) is 0. The van der Waals surface area contributed by atoms with Crippen LogP contribution < -0.4 is 0 Å². The molecule has 0 aliphatic heterocycles. The highest BCUT2D eigenvalue weighted by atomic mass is 15.0. The fraction of sp³-hybridized carbons (Fsp3) is 0. The highest BCUT2D eigenvalue weighted by Crippen LogP contribution is 2.49. The van der Waals surface area contributed by atoms with Crippen LogP contribution in [0.25, 0.3) is 98.1 Å². The Hall–Kier alpha value is -6.12. The van der Waals surface area contributed by atoms with E-state index in [4.69, 9.17) is 0 Å². The van der Waals surface area contributed by atoms with E-state index in [0.29, 0.717) is 0 Å². The summed E-state index contributed by atoms with van der Waals surface area (Å²) >= 11 is 0. The smallest absolute Gasteiger partial charge is 0.0568 e. The Morgan fingerprint density at radius 1 is 0.261 bits per heavy atom. The standard InChI is InChI=1S/C44H26N2/c1-2-12-29(13-3-1)45-38-20-10-18-33-32-15-6-7-16-34(32)43-42-35-17-8-9-19-37(35)46(39(42)26-40(45)44(43)41(33)38)30-24-23-28-22-21-27-11-4-5-14-31(27)36(28)25-30/h1-26H. The van der Waals surface area contributed by atoms with Crippen LogP contribution in [-0.4, -0.2) is 9.13 Å². The van der Waals surface area contributed by atoms with Crippen LogP contribution in [0.1, 0.15) is 0 Å². The Balaban J connectivity index is 1.40. The summed E-state index contributed by atoms with van der Waals surface area (Å²) in [5, 5.41) is 15.6. The molecule has 0 aliphatic carbocycles. The van der Waals surface area contributed by atoms with Crippen LogP contribution in [-0.2, 0) is 0 Å². The Morgan fingerprint density at radius 3 is 1.70 bits per heavy atom. The van der Waals surface area contributed by atoms with Crippen LogP contribution in [0.5, 0.6) is 0 Å². The molecule has 0 spiro atoms. The molecule has 0 radical (unpaired) electrons. The molecule has 0 saturated carbocycles. The molecule has 11 aromatic rings. The lowest BCUT2D eigenvalue weighted by Crippen LogP contribution is -1.96. The van der Waals surface area contributed by atoms with Crippen LogP contribution in [0.15, 0.2) is 158 Å². The molecule has 0 atom stereocenters. The van der Waals surface area contributed by atoms with Crippen molar-refractivity contribution in [2.24, 2.45) is 0 Å². The largest absolute Gasteiger partial charge is 0.309 e. The molecule has 2 heterocycles. The van der Waals surface area contributed by atoms with E-state index >= 15 is 0 Å². The minimum Gasteiger partial charge on any atom is -0.309 e. The van der Waals surface area contributed by atoms with Gasteiger partial charge in [-0.2, -0.15) is 0 Å². The van der Waals surface area contributed by atoms with Crippen LogP contribution in [0.3, 0.4) is 0 Å². The van der Waals surface area contributed by atoms with Crippen molar-refractivity contribution in [3.63, 3.8) is 0 Å². The molecule has 0 unspecified atom stereocenters. The zero-order valence-electron chi connectivity index (χ0n) is 24.9. The molecule has 46 heavy (non-hydrogen) atoms. The number of rotatable bonds is 2. The van der Waals surface area contributed by atoms with Gasteiger partial charge >= 0.3 is 0 Å². The van der Waals surface area contributed by atoms with Crippen molar-refractivity contribution in [2.75, 3.05) is 0 Å². The second kappa shape index (κ2) is 8.74. The van der Waals surface area contributed by atoms with Gasteiger partial charge in [-0.25, -0.2) is 0 Å². The molecule has 212 valence electrons. The lowest BCUT2D eigenvalue weighted by atomic mass is 9.92. The summed E-state index contributed by atoms with van der Waals surface area (Å²) < 4.78 is 4.96. The van der Waals surface area contributed by atoms with Gasteiger partial charge in [-0.15, -0.1) is 0 Å². The molecule has 0 aliphatic rings. The SMILES string of the molecule is c1ccc(-n2c3cccc4c5ccccc5c5c6c7ccccc7n(-c7ccc8ccc9ccccc9c8c7)c6cc2c5c43)cc1. The molecular weight excluding hydrogens is 556 g/mol. The summed E-state index contributed by atoms with van der Waals surface area (Å²) in [6.07, 6.45) is 0. The topological polar surface area (TPSA) is 9.86 Å². The quantitative estimate of drug-likeness (QED) is 0.179. The van der Waals surface area contributed by atoms with E-state index in [9.17, 15) is 0 Å². The molecule has 2 aromatic heterocycles. The van der Waals surface area contributed by atoms with Gasteiger partial charge in [-0.3, -0.25) is 0 Å². The minimum absolute atomic E-state index is 1.17. The predicted octanol–water partition coefficient (Wildman–Crippen LogP) is 11.9. The molecule has 0 N–H and O–H groups in total. The van der Waals surface area contributed by atoms with Gasteiger partial charge in [0.2, 0.25) is 0 Å². The molecule has 0 fully saturated rings. The number of hydrogen-bond acceptors (Lipinski definition) is 0. The molecular formula is C44H26N2. The maximum Gasteiger partial charge on any atom is 0.0568 e. The van der Waals surface area contributed by atoms with Crippen molar-refractivity contribution < 1.29 is 0 Å². The number of nitrogens with zero attached hydrogens (tertiary/aromatic N) is 2. The second-order valence-corrected chi connectivity index (χ2v) is 12.5. The Labute approximate surface area is 264 Å². The number of benzene rings is 9. The third-order valence-electron chi connectivity index (χ3n) is 10.2. The third kappa shape index (κ3) is 3.01. The average Bonchev–Trinajstić information content (AvgIpc) is 3.64. The monoisotopic (exact) mass is 582 g/mol. The maximum atomic E-state index is 2.49. The lowest BCUT2D eigenvalue weighted by Gasteiger charge is -2.13. The minimum atomic E-state index is 1.17. The molecule has 2 heteroatoms. The van der Waals surface area contributed by atoms with E-state index in [0.717, 1.165) is 0 Å². The van der Waals surface area contributed by atoms with E-state index in [1.54, 1.807) is 0 Å². The van der Waals surface area contributed by atoms with E-state index in [1.807, 2.05) is 0 Å². The van der Waals surface area contributed by atoms with Crippen molar-refractivity contribution in [1.82, 2.24) is 9.13 Å².